The Balaban J connectivity index is 1.42. The van der Waals surface area contributed by atoms with Crippen LogP contribution >= 0.6 is 0 Å². The first-order chi connectivity index (χ1) is 15.3. The zero-order valence-corrected chi connectivity index (χ0v) is 21.0. The van der Waals surface area contributed by atoms with Gasteiger partial charge in [-0.05, 0) is 111 Å². The van der Waals surface area contributed by atoms with E-state index in [2.05, 4.69) is 26.1 Å². The quantitative estimate of drug-likeness (QED) is 0.460. The maximum Gasteiger partial charge on any atom is 0.132 e. The molecule has 0 aromatic rings. The van der Waals surface area contributed by atoms with Crippen LogP contribution in [0.1, 0.15) is 104 Å². The Morgan fingerprint density at radius 2 is 1.75 bits per heavy atom. The maximum atomic E-state index is 12.0. The molecule has 0 amide bonds. The van der Waals surface area contributed by atoms with Gasteiger partial charge in [0.15, 0.2) is 0 Å². The van der Waals surface area contributed by atoms with Gasteiger partial charge >= 0.3 is 0 Å². The predicted octanol–water partition coefficient (Wildman–Crippen LogP) is 5.11. The number of aliphatic hydroxyl groups excluding tert-OH is 2. The number of aliphatic hydroxyl groups is 2. The summed E-state index contributed by atoms with van der Waals surface area (Å²) in [7, 11) is 0. The second-order valence-corrected chi connectivity index (χ2v) is 12.4. The summed E-state index contributed by atoms with van der Waals surface area (Å²) >= 11 is 0. The lowest BCUT2D eigenvalue weighted by Crippen LogP contribution is -2.59. The molecule has 0 aliphatic heterocycles. The van der Waals surface area contributed by atoms with Crippen LogP contribution < -0.4 is 5.32 Å². The van der Waals surface area contributed by atoms with Crippen LogP contribution in [-0.2, 0) is 4.79 Å². The van der Waals surface area contributed by atoms with Gasteiger partial charge in [0.25, 0.3) is 0 Å². The molecule has 32 heavy (non-hydrogen) atoms. The minimum atomic E-state index is -0.149. The van der Waals surface area contributed by atoms with E-state index in [4.69, 9.17) is 0 Å². The number of rotatable bonds is 9. The summed E-state index contributed by atoms with van der Waals surface area (Å²) < 4.78 is 0. The molecule has 4 fully saturated rings. The first-order valence-electron chi connectivity index (χ1n) is 13.9. The third kappa shape index (κ3) is 4.45. The van der Waals surface area contributed by atoms with Crippen molar-refractivity contribution in [2.45, 2.75) is 116 Å². The molecule has 0 aromatic carbocycles. The Morgan fingerprint density at radius 1 is 1.00 bits per heavy atom. The SMILES string of the molecule is CCCC(=O)CCC[C@H]1CCC2C3C(CC[C@@]21C)[C@@]1(C)CC[C@@H](NCCO)CC1C[C@H]3O. The number of hydrogen-bond donors (Lipinski definition) is 3. The van der Waals surface area contributed by atoms with Crippen molar-refractivity contribution in [3.63, 3.8) is 0 Å². The second-order valence-electron chi connectivity index (χ2n) is 12.4. The van der Waals surface area contributed by atoms with E-state index in [1.807, 2.05) is 0 Å². The van der Waals surface area contributed by atoms with E-state index in [0.717, 1.165) is 44.4 Å². The standard InChI is InChI=1S/C28H49NO3/c1-4-6-22(31)8-5-7-19-9-10-23-26-24(12-14-27(19,23)2)28(3)13-11-21(29-15-16-30)17-20(28)18-25(26)32/h19-21,23-26,29-30,32H,4-18H2,1-3H3/t19-,20?,21+,23?,24?,25+,26?,27+,28-/m0/s1. The number of Topliss-reactive ketones (excluding diaryl/α,β-unsaturated/α-hetero) is 1. The number of ketones is 1. The Morgan fingerprint density at radius 3 is 2.50 bits per heavy atom. The lowest BCUT2D eigenvalue weighted by atomic mass is 9.44. The van der Waals surface area contributed by atoms with Crippen LogP contribution in [0.4, 0.5) is 0 Å². The fourth-order valence-electron chi connectivity index (χ4n) is 9.21. The lowest BCUT2D eigenvalue weighted by Gasteiger charge is -2.62. The molecule has 4 nitrogen and oxygen atoms in total. The number of fused-ring (bicyclic) bond motifs is 5. The molecule has 0 heterocycles. The summed E-state index contributed by atoms with van der Waals surface area (Å²) in [6, 6.07) is 0.504. The van der Waals surface area contributed by atoms with E-state index >= 15 is 0 Å². The molecule has 0 saturated heterocycles. The molecular weight excluding hydrogens is 398 g/mol. The molecule has 0 aromatic heterocycles. The van der Waals surface area contributed by atoms with Crippen molar-refractivity contribution < 1.29 is 15.0 Å². The van der Waals surface area contributed by atoms with Crippen LogP contribution in [0.25, 0.3) is 0 Å². The van der Waals surface area contributed by atoms with Gasteiger partial charge in [0.2, 0.25) is 0 Å². The van der Waals surface area contributed by atoms with E-state index in [0.29, 0.717) is 52.9 Å². The summed E-state index contributed by atoms with van der Waals surface area (Å²) in [5.41, 5.74) is 0.728. The first-order valence-corrected chi connectivity index (χ1v) is 13.9. The number of carbonyl (C=O) groups excluding carboxylic acids is 1. The average Bonchev–Trinajstić information content (AvgIpc) is 3.09. The van der Waals surface area contributed by atoms with Gasteiger partial charge in [0, 0.05) is 25.4 Å². The van der Waals surface area contributed by atoms with Gasteiger partial charge in [-0.3, -0.25) is 4.79 Å². The highest BCUT2D eigenvalue weighted by molar-refractivity contribution is 5.78. The fourth-order valence-corrected chi connectivity index (χ4v) is 9.21. The largest absolute Gasteiger partial charge is 0.395 e. The van der Waals surface area contributed by atoms with Crippen LogP contribution in [0.2, 0.25) is 0 Å². The van der Waals surface area contributed by atoms with Crippen molar-refractivity contribution in [3.8, 4) is 0 Å². The maximum absolute atomic E-state index is 12.0. The Labute approximate surface area is 196 Å². The average molecular weight is 448 g/mol. The van der Waals surface area contributed by atoms with E-state index in [1.165, 1.54) is 44.9 Å². The van der Waals surface area contributed by atoms with Gasteiger partial charge < -0.3 is 15.5 Å². The van der Waals surface area contributed by atoms with Gasteiger partial charge in [-0.1, -0.05) is 20.8 Å². The molecule has 0 radical (unpaired) electrons. The lowest BCUT2D eigenvalue weighted by molar-refractivity contribution is -0.165. The van der Waals surface area contributed by atoms with Gasteiger partial charge in [0.05, 0.1) is 12.7 Å². The molecule has 0 bridgehead atoms. The van der Waals surface area contributed by atoms with Crippen molar-refractivity contribution >= 4 is 5.78 Å². The molecular formula is C28H49NO3. The first kappa shape index (κ1) is 24.7. The van der Waals surface area contributed by atoms with E-state index in [1.54, 1.807) is 0 Å². The molecule has 4 aliphatic carbocycles. The Hall–Kier alpha value is -0.450. The van der Waals surface area contributed by atoms with Crippen LogP contribution in [0.5, 0.6) is 0 Å². The monoisotopic (exact) mass is 447 g/mol. The van der Waals surface area contributed by atoms with Crippen molar-refractivity contribution in [2.75, 3.05) is 13.2 Å². The third-order valence-corrected chi connectivity index (χ3v) is 11.0. The minimum absolute atomic E-state index is 0.149. The number of hydrogen-bond acceptors (Lipinski definition) is 4. The van der Waals surface area contributed by atoms with E-state index in [9.17, 15) is 15.0 Å². The van der Waals surface area contributed by atoms with Crippen molar-refractivity contribution in [3.05, 3.63) is 0 Å². The number of nitrogens with one attached hydrogen (secondary N) is 1. The van der Waals surface area contributed by atoms with Crippen molar-refractivity contribution in [2.24, 2.45) is 40.4 Å². The molecule has 4 aliphatic rings. The van der Waals surface area contributed by atoms with Crippen LogP contribution in [0.15, 0.2) is 0 Å². The second kappa shape index (κ2) is 10.0. The summed E-state index contributed by atoms with van der Waals surface area (Å²) in [5.74, 6) is 3.59. The van der Waals surface area contributed by atoms with Crippen molar-refractivity contribution in [1.29, 1.82) is 0 Å². The Kier molecular flexibility index (Phi) is 7.74. The van der Waals surface area contributed by atoms with Gasteiger partial charge in [-0.25, -0.2) is 0 Å². The molecule has 9 atom stereocenters. The zero-order chi connectivity index (χ0) is 22.9. The smallest absolute Gasteiger partial charge is 0.132 e. The van der Waals surface area contributed by atoms with Gasteiger partial charge in [-0.2, -0.15) is 0 Å². The Bertz CT molecular complexity index is 653. The molecule has 184 valence electrons. The highest BCUT2D eigenvalue weighted by Gasteiger charge is 2.62. The van der Waals surface area contributed by atoms with Gasteiger partial charge in [0.1, 0.15) is 5.78 Å². The molecule has 4 saturated carbocycles. The minimum Gasteiger partial charge on any atom is -0.395 e. The molecule has 4 rings (SSSR count). The number of carbonyl (C=O) groups is 1. The molecule has 4 heteroatoms. The van der Waals surface area contributed by atoms with E-state index < -0.39 is 0 Å². The molecule has 4 unspecified atom stereocenters. The zero-order valence-electron chi connectivity index (χ0n) is 21.0. The summed E-state index contributed by atoms with van der Waals surface area (Å²) in [6.45, 7) is 8.08. The van der Waals surface area contributed by atoms with Crippen LogP contribution in [0.3, 0.4) is 0 Å². The fraction of sp³-hybridized carbons (Fsp3) is 0.964. The summed E-state index contributed by atoms with van der Waals surface area (Å²) in [6.07, 6.45) is 14.4. The summed E-state index contributed by atoms with van der Waals surface area (Å²) in [5, 5.41) is 24.2. The van der Waals surface area contributed by atoms with E-state index in [-0.39, 0.29) is 12.7 Å². The van der Waals surface area contributed by atoms with Crippen LogP contribution in [0, 0.1) is 40.4 Å². The molecule has 0 spiro atoms. The van der Waals surface area contributed by atoms with Crippen LogP contribution in [-0.4, -0.2) is 41.3 Å². The predicted molar refractivity (Wildman–Crippen MR) is 129 cm³/mol. The topological polar surface area (TPSA) is 69.6 Å². The van der Waals surface area contributed by atoms with Gasteiger partial charge in [-0.15, -0.1) is 0 Å². The normalized spacial score (nSPS) is 45.7. The summed E-state index contributed by atoms with van der Waals surface area (Å²) in [4.78, 5) is 12.0. The highest BCUT2D eigenvalue weighted by atomic mass is 16.3. The molecule has 3 N–H and O–H groups in total. The third-order valence-electron chi connectivity index (χ3n) is 11.0. The highest BCUT2D eigenvalue weighted by Crippen LogP contribution is 2.67. The van der Waals surface area contributed by atoms with Crippen molar-refractivity contribution in [1.82, 2.24) is 5.32 Å².